The highest BCUT2D eigenvalue weighted by Gasteiger charge is 2.34. The SMILES string of the molecule is C=CCN1C(=O)C(=Cc2ccc3ccccc3n2)SC1=NS(=O)(=O)c1ccc(Cl)cc1. The Morgan fingerprint density at radius 1 is 1.10 bits per heavy atom. The van der Waals surface area contributed by atoms with Gasteiger partial charge in [0.2, 0.25) is 0 Å². The van der Waals surface area contributed by atoms with Crippen molar-refractivity contribution in [1.82, 2.24) is 9.88 Å². The number of aromatic nitrogens is 1. The van der Waals surface area contributed by atoms with E-state index in [2.05, 4.69) is 16.0 Å². The van der Waals surface area contributed by atoms with E-state index in [0.717, 1.165) is 22.7 Å². The zero-order valence-corrected chi connectivity index (χ0v) is 18.5. The summed E-state index contributed by atoms with van der Waals surface area (Å²) < 4.78 is 29.4. The summed E-state index contributed by atoms with van der Waals surface area (Å²) in [5.41, 5.74) is 1.39. The summed E-state index contributed by atoms with van der Waals surface area (Å²) in [4.78, 5) is 19.1. The van der Waals surface area contributed by atoms with Crippen LogP contribution in [0.5, 0.6) is 0 Å². The van der Waals surface area contributed by atoms with Gasteiger partial charge < -0.3 is 0 Å². The molecule has 1 aliphatic rings. The Morgan fingerprint density at radius 3 is 2.58 bits per heavy atom. The molecule has 2 heterocycles. The molecule has 0 unspecified atom stereocenters. The number of fused-ring (bicyclic) bond motifs is 1. The number of thioether (sulfide) groups is 1. The largest absolute Gasteiger partial charge is 0.284 e. The Kier molecular flexibility index (Phi) is 5.95. The number of rotatable bonds is 5. The molecule has 9 heteroatoms. The van der Waals surface area contributed by atoms with Gasteiger partial charge in [-0.25, -0.2) is 4.98 Å². The van der Waals surface area contributed by atoms with Gasteiger partial charge in [0.25, 0.3) is 15.9 Å². The van der Waals surface area contributed by atoms with E-state index in [1.807, 2.05) is 30.3 Å². The minimum atomic E-state index is -4.02. The molecule has 0 spiro atoms. The number of para-hydroxylation sites is 1. The number of hydrogen-bond donors (Lipinski definition) is 0. The molecular formula is C22H16ClN3O3S2. The van der Waals surface area contributed by atoms with E-state index < -0.39 is 10.0 Å². The van der Waals surface area contributed by atoms with Gasteiger partial charge in [0.05, 0.1) is 21.0 Å². The number of hydrogen-bond acceptors (Lipinski definition) is 5. The second-order valence-electron chi connectivity index (χ2n) is 6.55. The van der Waals surface area contributed by atoms with Crippen LogP contribution in [0, 0.1) is 0 Å². The first-order chi connectivity index (χ1) is 14.9. The monoisotopic (exact) mass is 469 g/mol. The summed E-state index contributed by atoms with van der Waals surface area (Å²) >= 11 is 6.82. The van der Waals surface area contributed by atoms with Crippen LogP contribution in [0.3, 0.4) is 0 Å². The Labute approximate surface area is 189 Å². The Bertz CT molecular complexity index is 1350. The van der Waals surface area contributed by atoms with Crippen molar-refractivity contribution in [2.75, 3.05) is 6.54 Å². The van der Waals surface area contributed by atoms with E-state index >= 15 is 0 Å². The third-order valence-corrected chi connectivity index (χ3v) is 7.06. The zero-order valence-electron chi connectivity index (χ0n) is 16.1. The fourth-order valence-electron chi connectivity index (χ4n) is 2.92. The van der Waals surface area contributed by atoms with Gasteiger partial charge in [-0.3, -0.25) is 9.69 Å². The van der Waals surface area contributed by atoms with Crippen LogP contribution in [-0.4, -0.2) is 35.9 Å². The highest BCUT2D eigenvalue weighted by molar-refractivity contribution is 8.19. The van der Waals surface area contributed by atoms with Crippen molar-refractivity contribution in [3.8, 4) is 0 Å². The molecule has 1 aromatic heterocycles. The Morgan fingerprint density at radius 2 is 1.84 bits per heavy atom. The average molecular weight is 470 g/mol. The molecule has 3 aromatic rings. The van der Waals surface area contributed by atoms with E-state index in [9.17, 15) is 13.2 Å². The lowest BCUT2D eigenvalue weighted by molar-refractivity contribution is -0.121. The maximum Gasteiger partial charge on any atom is 0.284 e. The van der Waals surface area contributed by atoms with Crippen LogP contribution in [0.2, 0.25) is 5.02 Å². The highest BCUT2D eigenvalue weighted by Crippen LogP contribution is 2.33. The third kappa shape index (κ3) is 4.56. The predicted octanol–water partition coefficient (Wildman–Crippen LogP) is 4.74. The van der Waals surface area contributed by atoms with Crippen LogP contribution in [-0.2, 0) is 14.8 Å². The van der Waals surface area contributed by atoms with Gasteiger partial charge in [-0.2, -0.15) is 8.42 Å². The van der Waals surface area contributed by atoms with Crippen molar-refractivity contribution in [3.05, 3.63) is 88.9 Å². The minimum absolute atomic E-state index is 0.00960. The number of amides is 1. The van der Waals surface area contributed by atoms with Crippen LogP contribution < -0.4 is 0 Å². The Hall–Kier alpha value is -2.94. The van der Waals surface area contributed by atoms with Gasteiger partial charge >= 0.3 is 0 Å². The number of nitrogens with zero attached hydrogens (tertiary/aromatic N) is 3. The van der Waals surface area contributed by atoms with Crippen molar-refractivity contribution in [3.63, 3.8) is 0 Å². The smallest absolute Gasteiger partial charge is 0.282 e. The zero-order chi connectivity index (χ0) is 22.0. The standard InChI is InChI=1S/C22H16ClN3O3S2/c1-2-13-26-21(27)20(14-17-10-7-15-5-3-4-6-19(15)24-17)30-22(26)25-31(28,29)18-11-8-16(23)9-12-18/h2-12,14H,1,13H2. The number of halogens is 1. The maximum absolute atomic E-state index is 12.9. The third-order valence-electron chi connectivity index (χ3n) is 4.41. The molecule has 1 saturated heterocycles. The van der Waals surface area contributed by atoms with Crippen molar-refractivity contribution >= 4 is 61.4 Å². The Balaban J connectivity index is 1.71. The molecule has 0 saturated carbocycles. The fraction of sp³-hybridized carbons (Fsp3) is 0.0455. The van der Waals surface area contributed by atoms with Crippen LogP contribution in [0.1, 0.15) is 5.69 Å². The normalized spacial score (nSPS) is 17.1. The first kappa shape index (κ1) is 21.3. The van der Waals surface area contributed by atoms with Crippen molar-refractivity contribution in [2.45, 2.75) is 4.90 Å². The van der Waals surface area contributed by atoms with Gasteiger partial charge in [-0.05, 0) is 54.2 Å². The van der Waals surface area contributed by atoms with Crippen molar-refractivity contribution < 1.29 is 13.2 Å². The quantitative estimate of drug-likeness (QED) is 0.398. The van der Waals surface area contributed by atoms with E-state index in [1.165, 1.54) is 35.2 Å². The molecule has 4 rings (SSSR count). The number of sulfonamides is 1. The second-order valence-corrected chi connectivity index (χ2v) is 9.60. The number of carbonyl (C=O) groups excluding carboxylic acids is 1. The summed E-state index contributed by atoms with van der Waals surface area (Å²) in [5, 5.41) is 1.46. The first-order valence-electron chi connectivity index (χ1n) is 9.16. The summed E-state index contributed by atoms with van der Waals surface area (Å²) in [6, 6.07) is 17.1. The van der Waals surface area contributed by atoms with Gasteiger partial charge in [-0.1, -0.05) is 41.9 Å². The second kappa shape index (κ2) is 8.66. The lowest BCUT2D eigenvalue weighted by Gasteiger charge is -2.12. The molecule has 156 valence electrons. The molecule has 1 fully saturated rings. The van der Waals surface area contributed by atoms with Gasteiger partial charge in [0, 0.05) is 17.0 Å². The molecular weight excluding hydrogens is 454 g/mol. The van der Waals surface area contributed by atoms with Crippen LogP contribution in [0.25, 0.3) is 17.0 Å². The fourth-order valence-corrected chi connectivity index (χ4v) is 5.23. The molecule has 0 radical (unpaired) electrons. The van der Waals surface area contributed by atoms with Crippen molar-refractivity contribution in [2.24, 2.45) is 4.40 Å². The van der Waals surface area contributed by atoms with E-state index in [1.54, 1.807) is 12.1 Å². The molecule has 2 aromatic carbocycles. The van der Waals surface area contributed by atoms with E-state index in [-0.39, 0.29) is 22.5 Å². The lowest BCUT2D eigenvalue weighted by Crippen LogP contribution is -2.29. The molecule has 1 aliphatic heterocycles. The molecule has 0 atom stereocenters. The summed E-state index contributed by atoms with van der Waals surface area (Å²) in [6.45, 7) is 3.77. The molecule has 0 bridgehead atoms. The number of carbonyl (C=O) groups is 1. The number of amidine groups is 1. The van der Waals surface area contributed by atoms with Crippen LogP contribution in [0.15, 0.2) is 87.5 Å². The topological polar surface area (TPSA) is 79.7 Å². The van der Waals surface area contributed by atoms with E-state index in [0.29, 0.717) is 15.6 Å². The first-order valence-corrected chi connectivity index (χ1v) is 11.8. The summed E-state index contributed by atoms with van der Waals surface area (Å²) in [6.07, 6.45) is 3.15. The predicted molar refractivity (Wildman–Crippen MR) is 125 cm³/mol. The van der Waals surface area contributed by atoms with Gasteiger partial charge in [0.1, 0.15) is 0 Å². The average Bonchev–Trinajstić information content (AvgIpc) is 3.02. The minimum Gasteiger partial charge on any atom is -0.282 e. The molecule has 0 N–H and O–H groups in total. The lowest BCUT2D eigenvalue weighted by atomic mass is 10.2. The number of benzene rings is 2. The van der Waals surface area contributed by atoms with Gasteiger partial charge in [-0.15, -0.1) is 11.0 Å². The van der Waals surface area contributed by atoms with Crippen LogP contribution >= 0.6 is 23.4 Å². The van der Waals surface area contributed by atoms with Crippen LogP contribution in [0.4, 0.5) is 0 Å². The maximum atomic E-state index is 12.9. The molecule has 1 amide bonds. The summed E-state index contributed by atoms with van der Waals surface area (Å²) in [5.74, 6) is -0.357. The highest BCUT2D eigenvalue weighted by atomic mass is 35.5. The molecule has 31 heavy (non-hydrogen) atoms. The van der Waals surface area contributed by atoms with E-state index in [4.69, 9.17) is 11.6 Å². The van der Waals surface area contributed by atoms with Gasteiger partial charge in [0.15, 0.2) is 5.17 Å². The number of pyridine rings is 1. The molecule has 6 nitrogen and oxygen atoms in total. The molecule has 0 aliphatic carbocycles. The van der Waals surface area contributed by atoms with Crippen molar-refractivity contribution in [1.29, 1.82) is 0 Å². The summed E-state index contributed by atoms with van der Waals surface area (Å²) in [7, 11) is -4.02.